The van der Waals surface area contributed by atoms with Crippen molar-refractivity contribution in [1.82, 2.24) is 10.6 Å². The van der Waals surface area contributed by atoms with E-state index >= 15 is 0 Å². The van der Waals surface area contributed by atoms with Crippen LogP contribution in [0.15, 0.2) is 23.2 Å². The number of benzene rings is 1. The fraction of sp³-hybridized carbons (Fsp3) is 0.682. The number of nitrogens with zero attached hydrogens (tertiary/aromatic N) is 1. The van der Waals surface area contributed by atoms with Gasteiger partial charge in [-0.3, -0.25) is 0 Å². The van der Waals surface area contributed by atoms with Crippen LogP contribution in [-0.4, -0.2) is 59.3 Å². The van der Waals surface area contributed by atoms with Crippen molar-refractivity contribution >= 4 is 15.8 Å². The molecule has 1 aliphatic carbocycles. The first-order valence-electron chi connectivity index (χ1n) is 10.8. The molecule has 0 amide bonds. The smallest absolute Gasteiger partial charge is 0.191 e. The van der Waals surface area contributed by atoms with E-state index < -0.39 is 9.84 Å². The van der Waals surface area contributed by atoms with E-state index in [1.165, 1.54) is 6.26 Å². The van der Waals surface area contributed by atoms with E-state index in [1.807, 2.05) is 6.92 Å². The normalized spacial score (nSPS) is 20.8. The second-order valence-electron chi connectivity index (χ2n) is 8.77. The Balaban J connectivity index is 1.62. The van der Waals surface area contributed by atoms with Gasteiger partial charge in [0.05, 0.1) is 25.5 Å². The molecule has 1 saturated heterocycles. The molecule has 1 aliphatic heterocycles. The molecule has 1 unspecified atom stereocenters. The fourth-order valence-corrected chi connectivity index (χ4v) is 5.23. The standard InChI is InChI=1S/C22H35N3O4S/c1-4-23-21(25-15-22(8-9-22)16-30(3,26)27)24-12-19-6-5-17(2)11-20(19)29-14-18-7-10-28-13-18/h5-6,11,18H,4,7-10,12-16H2,1-3H3,(H2,23,24,25). The van der Waals surface area contributed by atoms with Crippen LogP contribution in [0.3, 0.4) is 0 Å². The van der Waals surface area contributed by atoms with Crippen LogP contribution >= 0.6 is 0 Å². The molecule has 2 fully saturated rings. The molecule has 0 radical (unpaired) electrons. The number of aryl methyl sites for hydroxylation is 1. The first kappa shape index (κ1) is 22.9. The topological polar surface area (TPSA) is 89.0 Å². The molecule has 168 valence electrons. The molecule has 2 N–H and O–H groups in total. The Hall–Kier alpha value is -1.80. The summed E-state index contributed by atoms with van der Waals surface area (Å²) < 4.78 is 34.9. The van der Waals surface area contributed by atoms with E-state index in [9.17, 15) is 8.42 Å². The predicted molar refractivity (Wildman–Crippen MR) is 120 cm³/mol. The van der Waals surface area contributed by atoms with Gasteiger partial charge < -0.3 is 20.1 Å². The SMILES string of the molecule is CCNC(=NCc1ccc(C)cc1OCC1CCOC1)NCC1(CS(C)(=O)=O)CC1. The van der Waals surface area contributed by atoms with Crippen LogP contribution in [0.5, 0.6) is 5.75 Å². The van der Waals surface area contributed by atoms with E-state index in [0.717, 1.165) is 55.9 Å². The highest BCUT2D eigenvalue weighted by molar-refractivity contribution is 7.90. The quantitative estimate of drug-likeness (QED) is 0.431. The third-order valence-electron chi connectivity index (χ3n) is 5.63. The number of hydrogen-bond donors (Lipinski definition) is 2. The molecular weight excluding hydrogens is 402 g/mol. The molecule has 30 heavy (non-hydrogen) atoms. The maximum absolute atomic E-state index is 11.7. The summed E-state index contributed by atoms with van der Waals surface area (Å²) in [7, 11) is -2.98. The molecule has 1 atom stereocenters. The zero-order chi connectivity index (χ0) is 21.6. The summed E-state index contributed by atoms with van der Waals surface area (Å²) in [5.41, 5.74) is 2.04. The van der Waals surface area contributed by atoms with Crippen LogP contribution in [0.25, 0.3) is 0 Å². The molecule has 2 aliphatic rings. The Bertz CT molecular complexity index is 844. The van der Waals surface area contributed by atoms with Crippen molar-refractivity contribution in [2.45, 2.75) is 39.7 Å². The van der Waals surface area contributed by atoms with Crippen LogP contribution in [0, 0.1) is 18.3 Å². The third kappa shape index (κ3) is 7.16. The van der Waals surface area contributed by atoms with Crippen molar-refractivity contribution in [3.63, 3.8) is 0 Å². The number of aliphatic imine (C=N–C) groups is 1. The summed E-state index contributed by atoms with van der Waals surface area (Å²) >= 11 is 0. The van der Waals surface area contributed by atoms with Crippen LogP contribution in [0.2, 0.25) is 0 Å². The van der Waals surface area contributed by atoms with Crippen molar-refractivity contribution in [3.8, 4) is 5.75 Å². The van der Waals surface area contributed by atoms with E-state index in [2.05, 4.69) is 35.8 Å². The molecule has 0 aromatic heterocycles. The van der Waals surface area contributed by atoms with E-state index in [0.29, 0.717) is 31.6 Å². The van der Waals surface area contributed by atoms with Gasteiger partial charge in [0, 0.05) is 42.8 Å². The van der Waals surface area contributed by atoms with Gasteiger partial charge in [0.1, 0.15) is 15.6 Å². The average Bonchev–Trinajstić information content (AvgIpc) is 3.22. The average molecular weight is 438 g/mol. The molecule has 8 heteroatoms. The highest BCUT2D eigenvalue weighted by Crippen LogP contribution is 2.46. The molecule has 1 aromatic carbocycles. The third-order valence-corrected chi connectivity index (χ3v) is 6.77. The van der Waals surface area contributed by atoms with Gasteiger partial charge in [-0.25, -0.2) is 13.4 Å². The van der Waals surface area contributed by atoms with Gasteiger partial charge in [-0.15, -0.1) is 0 Å². The van der Waals surface area contributed by atoms with E-state index in [-0.39, 0.29) is 11.2 Å². The Morgan fingerprint density at radius 3 is 2.77 bits per heavy atom. The van der Waals surface area contributed by atoms with Crippen LogP contribution < -0.4 is 15.4 Å². The number of sulfone groups is 1. The van der Waals surface area contributed by atoms with Crippen molar-refractivity contribution < 1.29 is 17.9 Å². The number of guanidine groups is 1. The minimum Gasteiger partial charge on any atom is -0.493 e. The minimum atomic E-state index is -2.98. The second-order valence-corrected chi connectivity index (χ2v) is 10.9. The summed E-state index contributed by atoms with van der Waals surface area (Å²) in [6.45, 7) is 8.17. The lowest BCUT2D eigenvalue weighted by Gasteiger charge is -2.18. The molecule has 3 rings (SSSR count). The Labute approximate surface area is 180 Å². The highest BCUT2D eigenvalue weighted by atomic mass is 32.2. The van der Waals surface area contributed by atoms with Gasteiger partial charge in [-0.2, -0.15) is 0 Å². The lowest BCUT2D eigenvalue weighted by molar-refractivity contribution is 0.166. The summed E-state index contributed by atoms with van der Waals surface area (Å²) in [6.07, 6.45) is 4.23. The molecule has 0 spiro atoms. The molecule has 1 saturated carbocycles. The van der Waals surface area contributed by atoms with Crippen molar-refractivity contribution in [2.75, 3.05) is 44.9 Å². The van der Waals surface area contributed by atoms with Gasteiger partial charge in [0.15, 0.2) is 5.96 Å². The van der Waals surface area contributed by atoms with Gasteiger partial charge in [-0.1, -0.05) is 12.1 Å². The highest BCUT2D eigenvalue weighted by Gasteiger charge is 2.45. The van der Waals surface area contributed by atoms with Crippen molar-refractivity contribution in [3.05, 3.63) is 29.3 Å². The Morgan fingerprint density at radius 2 is 2.13 bits per heavy atom. The molecule has 0 bridgehead atoms. The van der Waals surface area contributed by atoms with Crippen LogP contribution in [0.1, 0.15) is 37.3 Å². The van der Waals surface area contributed by atoms with E-state index in [1.54, 1.807) is 0 Å². The fourth-order valence-electron chi connectivity index (χ4n) is 3.73. The number of rotatable bonds is 10. The number of hydrogen-bond acceptors (Lipinski definition) is 5. The monoisotopic (exact) mass is 437 g/mol. The summed E-state index contributed by atoms with van der Waals surface area (Å²) in [6, 6.07) is 6.20. The molecule has 7 nitrogen and oxygen atoms in total. The lowest BCUT2D eigenvalue weighted by Crippen LogP contribution is -2.41. The lowest BCUT2D eigenvalue weighted by atomic mass is 10.1. The second kappa shape index (κ2) is 10.0. The van der Waals surface area contributed by atoms with E-state index in [4.69, 9.17) is 14.5 Å². The van der Waals surface area contributed by atoms with Gasteiger partial charge in [-0.05, 0) is 44.7 Å². The first-order valence-corrected chi connectivity index (χ1v) is 12.8. The van der Waals surface area contributed by atoms with Gasteiger partial charge in [0.25, 0.3) is 0 Å². The first-order chi connectivity index (χ1) is 14.3. The maximum Gasteiger partial charge on any atom is 0.191 e. The summed E-state index contributed by atoms with van der Waals surface area (Å²) in [5.74, 6) is 2.25. The summed E-state index contributed by atoms with van der Waals surface area (Å²) in [4.78, 5) is 4.72. The number of ether oxygens (including phenoxy) is 2. The summed E-state index contributed by atoms with van der Waals surface area (Å²) in [5, 5.41) is 6.60. The zero-order valence-corrected chi connectivity index (χ0v) is 19.2. The molecular formula is C22H35N3O4S. The maximum atomic E-state index is 11.7. The van der Waals surface area contributed by atoms with Gasteiger partial charge >= 0.3 is 0 Å². The van der Waals surface area contributed by atoms with Crippen LogP contribution in [0.4, 0.5) is 0 Å². The largest absolute Gasteiger partial charge is 0.493 e. The van der Waals surface area contributed by atoms with Crippen molar-refractivity contribution in [1.29, 1.82) is 0 Å². The van der Waals surface area contributed by atoms with Crippen molar-refractivity contribution in [2.24, 2.45) is 16.3 Å². The molecule has 1 heterocycles. The molecule has 1 aromatic rings. The Kier molecular flexibility index (Phi) is 7.63. The zero-order valence-electron chi connectivity index (χ0n) is 18.4. The Morgan fingerprint density at radius 1 is 1.33 bits per heavy atom. The van der Waals surface area contributed by atoms with Gasteiger partial charge in [0.2, 0.25) is 0 Å². The minimum absolute atomic E-state index is 0.148. The van der Waals surface area contributed by atoms with Crippen LogP contribution in [-0.2, 0) is 21.1 Å². The predicted octanol–water partition coefficient (Wildman–Crippen LogP) is 2.29. The number of nitrogens with one attached hydrogen (secondary N) is 2.